The van der Waals surface area contributed by atoms with Crippen LogP contribution in [0.3, 0.4) is 0 Å². The lowest BCUT2D eigenvalue weighted by Gasteiger charge is -2.05. The summed E-state index contributed by atoms with van der Waals surface area (Å²) in [6.07, 6.45) is 0.565. The minimum atomic E-state index is -1.05. The maximum atomic E-state index is 11.0. The first-order valence-electron chi connectivity index (χ1n) is 5.52. The Bertz CT molecular complexity index is 580. The van der Waals surface area contributed by atoms with Crippen LogP contribution in [-0.4, -0.2) is 26.1 Å². The lowest BCUT2D eigenvalue weighted by Crippen LogP contribution is -2.08. The van der Waals surface area contributed by atoms with E-state index in [1.165, 1.54) is 0 Å². The molecule has 0 aliphatic carbocycles. The number of halogens is 1. The molecule has 5 nitrogen and oxygen atoms in total. The third kappa shape index (κ3) is 2.51. The Labute approximate surface area is 109 Å². The molecule has 2 aromatic rings. The van der Waals surface area contributed by atoms with Gasteiger partial charge in [-0.2, -0.15) is 0 Å². The van der Waals surface area contributed by atoms with Crippen molar-refractivity contribution in [3.05, 3.63) is 46.2 Å². The quantitative estimate of drug-likeness (QED) is 0.921. The predicted molar refractivity (Wildman–Crippen MR) is 66.9 cm³/mol. The van der Waals surface area contributed by atoms with Crippen LogP contribution in [0.15, 0.2) is 24.3 Å². The highest BCUT2D eigenvalue weighted by molar-refractivity contribution is 6.30. The minimum Gasteiger partial charge on any atom is -0.476 e. The molecule has 0 aliphatic rings. The third-order valence-corrected chi connectivity index (χ3v) is 2.83. The number of carboxylic acid groups (broad SMARTS) is 1. The lowest BCUT2D eigenvalue weighted by atomic mass is 10.2. The second kappa shape index (κ2) is 5.18. The fraction of sp³-hybridized carbons (Fsp3) is 0.250. The smallest absolute Gasteiger partial charge is 0.358 e. The van der Waals surface area contributed by atoms with E-state index in [9.17, 15) is 4.79 Å². The Hall–Kier alpha value is -1.88. The van der Waals surface area contributed by atoms with Crippen molar-refractivity contribution in [3.8, 4) is 0 Å². The van der Waals surface area contributed by atoms with Gasteiger partial charge in [0.2, 0.25) is 0 Å². The predicted octanol–water partition coefficient (Wildman–Crippen LogP) is 2.24. The van der Waals surface area contributed by atoms with Crippen molar-refractivity contribution in [3.63, 3.8) is 0 Å². The Morgan fingerprint density at radius 3 is 2.89 bits per heavy atom. The van der Waals surface area contributed by atoms with Crippen LogP contribution in [0.25, 0.3) is 0 Å². The zero-order valence-corrected chi connectivity index (χ0v) is 10.6. The average molecular weight is 266 g/mol. The van der Waals surface area contributed by atoms with Crippen molar-refractivity contribution in [2.45, 2.75) is 19.9 Å². The van der Waals surface area contributed by atoms with E-state index in [0.29, 0.717) is 23.7 Å². The van der Waals surface area contributed by atoms with Crippen molar-refractivity contribution in [1.82, 2.24) is 15.0 Å². The Balaban J connectivity index is 2.32. The van der Waals surface area contributed by atoms with Gasteiger partial charge in [0.15, 0.2) is 5.69 Å². The summed E-state index contributed by atoms with van der Waals surface area (Å²) in [4.78, 5) is 11.0. The number of carbonyl (C=O) groups is 1. The molecule has 6 heteroatoms. The topological polar surface area (TPSA) is 68.0 Å². The summed E-state index contributed by atoms with van der Waals surface area (Å²) < 4.78 is 1.59. The van der Waals surface area contributed by atoms with Crippen molar-refractivity contribution in [1.29, 1.82) is 0 Å². The SMILES string of the molecule is CCc1c(C(=O)O)nnn1Cc1cccc(Cl)c1. The third-order valence-electron chi connectivity index (χ3n) is 2.60. The van der Waals surface area contributed by atoms with E-state index in [1.54, 1.807) is 10.7 Å². The van der Waals surface area contributed by atoms with Gasteiger partial charge in [0.05, 0.1) is 12.2 Å². The van der Waals surface area contributed by atoms with E-state index in [-0.39, 0.29) is 5.69 Å². The van der Waals surface area contributed by atoms with Crippen molar-refractivity contribution in [2.75, 3.05) is 0 Å². The van der Waals surface area contributed by atoms with E-state index < -0.39 is 5.97 Å². The number of aromatic nitrogens is 3. The maximum Gasteiger partial charge on any atom is 0.358 e. The van der Waals surface area contributed by atoms with E-state index in [0.717, 1.165) is 5.56 Å². The molecule has 2 rings (SSSR count). The number of aromatic carboxylic acids is 1. The molecule has 0 amide bonds. The monoisotopic (exact) mass is 265 g/mol. The highest BCUT2D eigenvalue weighted by atomic mass is 35.5. The molecule has 0 aliphatic heterocycles. The van der Waals surface area contributed by atoms with E-state index in [4.69, 9.17) is 16.7 Å². The standard InChI is InChI=1S/C12H12ClN3O2/c1-2-10-11(12(17)18)14-15-16(10)7-8-4-3-5-9(13)6-8/h3-6H,2,7H2,1H3,(H,17,18). The van der Waals surface area contributed by atoms with E-state index >= 15 is 0 Å². The Kier molecular flexibility index (Phi) is 3.62. The van der Waals surface area contributed by atoms with Crippen LogP contribution in [0.1, 0.15) is 28.7 Å². The first kappa shape index (κ1) is 12.6. The molecule has 18 heavy (non-hydrogen) atoms. The molecule has 0 atom stereocenters. The molecule has 0 radical (unpaired) electrons. The van der Waals surface area contributed by atoms with Gasteiger partial charge in [-0.15, -0.1) is 5.10 Å². The van der Waals surface area contributed by atoms with Crippen LogP contribution in [0.2, 0.25) is 5.02 Å². The first-order valence-corrected chi connectivity index (χ1v) is 5.89. The van der Waals surface area contributed by atoms with Gasteiger partial charge in [-0.3, -0.25) is 0 Å². The van der Waals surface area contributed by atoms with Gasteiger partial charge < -0.3 is 5.11 Å². The van der Waals surface area contributed by atoms with Crippen LogP contribution in [0.5, 0.6) is 0 Å². The van der Waals surface area contributed by atoms with Crippen LogP contribution in [0.4, 0.5) is 0 Å². The summed E-state index contributed by atoms with van der Waals surface area (Å²) in [5.41, 5.74) is 1.58. The van der Waals surface area contributed by atoms with Gasteiger partial charge in [0, 0.05) is 5.02 Å². The number of nitrogens with zero attached hydrogens (tertiary/aromatic N) is 3. The van der Waals surface area contributed by atoms with Crippen LogP contribution < -0.4 is 0 Å². The zero-order chi connectivity index (χ0) is 13.1. The Morgan fingerprint density at radius 1 is 1.50 bits per heavy atom. The largest absolute Gasteiger partial charge is 0.476 e. The second-order valence-corrected chi connectivity index (χ2v) is 4.27. The lowest BCUT2D eigenvalue weighted by molar-refractivity contribution is 0.0689. The Morgan fingerprint density at radius 2 is 2.28 bits per heavy atom. The van der Waals surface area contributed by atoms with Gasteiger partial charge >= 0.3 is 5.97 Å². The summed E-state index contributed by atoms with van der Waals surface area (Å²) >= 11 is 5.90. The molecule has 0 spiro atoms. The number of carboxylic acids is 1. The number of benzene rings is 1. The summed E-state index contributed by atoms with van der Waals surface area (Å²) in [6, 6.07) is 7.37. The number of hydrogen-bond donors (Lipinski definition) is 1. The highest BCUT2D eigenvalue weighted by Gasteiger charge is 2.17. The van der Waals surface area contributed by atoms with Crippen molar-refractivity contribution in [2.24, 2.45) is 0 Å². The number of hydrogen-bond acceptors (Lipinski definition) is 3. The van der Waals surface area contributed by atoms with Crippen LogP contribution in [0, 0.1) is 0 Å². The molecule has 1 heterocycles. The van der Waals surface area contributed by atoms with Gasteiger partial charge in [-0.05, 0) is 24.1 Å². The highest BCUT2D eigenvalue weighted by Crippen LogP contribution is 2.14. The van der Waals surface area contributed by atoms with Gasteiger partial charge in [0.1, 0.15) is 0 Å². The fourth-order valence-corrected chi connectivity index (χ4v) is 2.00. The average Bonchev–Trinajstić information content (AvgIpc) is 2.72. The second-order valence-electron chi connectivity index (χ2n) is 3.83. The molecule has 0 saturated carbocycles. The van der Waals surface area contributed by atoms with Gasteiger partial charge in [0.25, 0.3) is 0 Å². The molecule has 1 aromatic carbocycles. The van der Waals surface area contributed by atoms with Crippen LogP contribution >= 0.6 is 11.6 Å². The summed E-state index contributed by atoms with van der Waals surface area (Å²) in [5.74, 6) is -1.05. The molecule has 0 bridgehead atoms. The molecule has 1 N–H and O–H groups in total. The fourth-order valence-electron chi connectivity index (χ4n) is 1.78. The summed E-state index contributed by atoms with van der Waals surface area (Å²) in [5, 5.41) is 17.2. The normalized spacial score (nSPS) is 10.6. The van der Waals surface area contributed by atoms with Gasteiger partial charge in [-0.1, -0.05) is 35.9 Å². The molecule has 1 aromatic heterocycles. The molecule has 0 fully saturated rings. The van der Waals surface area contributed by atoms with Crippen molar-refractivity contribution >= 4 is 17.6 Å². The molecule has 0 unspecified atom stereocenters. The first-order chi connectivity index (χ1) is 8.61. The van der Waals surface area contributed by atoms with Crippen LogP contribution in [-0.2, 0) is 13.0 Å². The summed E-state index contributed by atoms with van der Waals surface area (Å²) in [6.45, 7) is 2.34. The zero-order valence-electron chi connectivity index (χ0n) is 9.80. The van der Waals surface area contributed by atoms with Gasteiger partial charge in [-0.25, -0.2) is 9.48 Å². The van der Waals surface area contributed by atoms with E-state index in [2.05, 4.69) is 10.3 Å². The molecule has 0 saturated heterocycles. The minimum absolute atomic E-state index is 0.0135. The number of rotatable bonds is 4. The maximum absolute atomic E-state index is 11.0. The molecular weight excluding hydrogens is 254 g/mol. The molecular formula is C12H12ClN3O2. The molecule has 94 valence electrons. The van der Waals surface area contributed by atoms with E-state index in [1.807, 2.05) is 25.1 Å². The summed E-state index contributed by atoms with van der Waals surface area (Å²) in [7, 11) is 0. The van der Waals surface area contributed by atoms with Crippen molar-refractivity contribution < 1.29 is 9.90 Å².